The molecule has 1 saturated heterocycles. The molecule has 1 unspecified atom stereocenters. The highest BCUT2D eigenvalue weighted by Crippen LogP contribution is 2.34. The molecule has 1 aromatic carbocycles. The number of piperidine rings is 1. The van der Waals surface area contributed by atoms with Crippen LogP contribution < -0.4 is 10.6 Å². The first-order valence-electron chi connectivity index (χ1n) is 8.96. The number of nitrogens with zero attached hydrogens (tertiary/aromatic N) is 2. The average molecular weight is 324 g/mol. The quantitative estimate of drug-likeness (QED) is 0.913. The molecule has 1 fully saturated rings. The maximum Gasteiger partial charge on any atom is 0.228 e. The van der Waals surface area contributed by atoms with Gasteiger partial charge >= 0.3 is 0 Å². The van der Waals surface area contributed by atoms with Crippen molar-refractivity contribution in [3.63, 3.8) is 0 Å². The molecule has 5 nitrogen and oxygen atoms in total. The minimum absolute atomic E-state index is 0.105. The smallest absolute Gasteiger partial charge is 0.228 e. The number of fused-ring (bicyclic) bond motifs is 1. The van der Waals surface area contributed by atoms with Gasteiger partial charge in [0.25, 0.3) is 0 Å². The predicted octanol–water partition coefficient (Wildman–Crippen LogP) is 2.75. The molecule has 2 N–H and O–H groups in total. The zero-order valence-electron chi connectivity index (χ0n) is 13.9. The minimum atomic E-state index is 0.105. The number of nitrogens with one attached hydrogen (secondary N) is 2. The number of benzene rings is 1. The molecule has 2 aliphatic rings. The van der Waals surface area contributed by atoms with E-state index in [2.05, 4.69) is 40.0 Å². The Morgan fingerprint density at radius 2 is 2.00 bits per heavy atom. The molecular weight excluding hydrogens is 300 g/mol. The number of carbonyl (C=O) groups excluding carboxylic acids is 1. The molecule has 5 heteroatoms. The highest BCUT2D eigenvalue weighted by atomic mass is 16.2. The molecule has 2 heterocycles. The molecule has 0 saturated carbocycles. The molecule has 0 radical (unpaired) electrons. The van der Waals surface area contributed by atoms with Crippen LogP contribution in [0.5, 0.6) is 0 Å². The zero-order chi connectivity index (χ0) is 16.4. The summed E-state index contributed by atoms with van der Waals surface area (Å²) >= 11 is 0. The number of aryl methyl sites for hydroxylation is 1. The lowest BCUT2D eigenvalue weighted by molar-refractivity contribution is -0.120. The van der Waals surface area contributed by atoms with Crippen molar-refractivity contribution in [1.29, 1.82) is 0 Å². The maximum absolute atomic E-state index is 12.6. The summed E-state index contributed by atoms with van der Waals surface area (Å²) in [5.74, 6) is 1.05. The van der Waals surface area contributed by atoms with Crippen molar-refractivity contribution in [2.75, 3.05) is 18.4 Å². The lowest BCUT2D eigenvalue weighted by Gasteiger charge is -2.28. The van der Waals surface area contributed by atoms with Gasteiger partial charge in [0.2, 0.25) is 5.91 Å². The number of hydrogen-bond donors (Lipinski definition) is 2. The van der Waals surface area contributed by atoms with Gasteiger partial charge in [0.1, 0.15) is 5.82 Å². The highest BCUT2D eigenvalue weighted by Gasteiger charge is 2.26. The first kappa shape index (κ1) is 15.4. The van der Waals surface area contributed by atoms with Crippen LogP contribution in [0.4, 0.5) is 5.82 Å². The number of rotatable bonds is 3. The molecule has 126 valence electrons. The molecule has 2 aromatic rings. The van der Waals surface area contributed by atoms with Crippen LogP contribution in [0.25, 0.3) is 0 Å². The Bertz CT molecular complexity index is 718. The van der Waals surface area contributed by atoms with Crippen molar-refractivity contribution in [3.05, 3.63) is 47.7 Å². The van der Waals surface area contributed by atoms with E-state index in [0.29, 0.717) is 0 Å². The van der Waals surface area contributed by atoms with Crippen LogP contribution in [0.15, 0.2) is 36.5 Å². The van der Waals surface area contributed by atoms with Gasteiger partial charge in [0.05, 0.1) is 12.2 Å². The molecule has 0 spiro atoms. The summed E-state index contributed by atoms with van der Waals surface area (Å²) in [5, 5.41) is 11.0. The highest BCUT2D eigenvalue weighted by molar-refractivity contribution is 5.91. The predicted molar refractivity (Wildman–Crippen MR) is 94.0 cm³/mol. The van der Waals surface area contributed by atoms with Gasteiger partial charge in [-0.1, -0.05) is 24.3 Å². The van der Waals surface area contributed by atoms with E-state index in [1.165, 1.54) is 11.1 Å². The molecule has 1 amide bonds. The summed E-state index contributed by atoms with van der Waals surface area (Å²) < 4.78 is 2.00. The number of aromatic nitrogens is 2. The summed E-state index contributed by atoms with van der Waals surface area (Å²) in [6.07, 6.45) is 6.95. The van der Waals surface area contributed by atoms with Gasteiger partial charge in [0, 0.05) is 12.0 Å². The van der Waals surface area contributed by atoms with Gasteiger partial charge in [-0.3, -0.25) is 4.79 Å². The number of amides is 1. The number of anilines is 1. The Hall–Kier alpha value is -2.14. The second-order valence-corrected chi connectivity index (χ2v) is 6.78. The second kappa shape index (κ2) is 6.77. The fraction of sp³-hybridized carbons (Fsp3) is 0.474. The van der Waals surface area contributed by atoms with Crippen LogP contribution in [-0.2, 0) is 11.2 Å². The fourth-order valence-electron chi connectivity index (χ4n) is 3.96. The average Bonchev–Trinajstić information content (AvgIpc) is 3.10. The first-order valence-corrected chi connectivity index (χ1v) is 8.96. The van der Waals surface area contributed by atoms with Gasteiger partial charge in [-0.2, -0.15) is 5.10 Å². The van der Waals surface area contributed by atoms with E-state index >= 15 is 0 Å². The molecule has 1 aromatic heterocycles. The van der Waals surface area contributed by atoms with E-state index in [9.17, 15) is 4.79 Å². The molecule has 4 rings (SSSR count). The van der Waals surface area contributed by atoms with E-state index in [4.69, 9.17) is 0 Å². The van der Waals surface area contributed by atoms with E-state index < -0.39 is 0 Å². The van der Waals surface area contributed by atoms with E-state index in [0.717, 1.165) is 51.0 Å². The minimum Gasteiger partial charge on any atom is -0.317 e. The van der Waals surface area contributed by atoms with Gasteiger partial charge in [-0.05, 0) is 56.3 Å². The Labute approximate surface area is 142 Å². The van der Waals surface area contributed by atoms with Gasteiger partial charge < -0.3 is 10.6 Å². The van der Waals surface area contributed by atoms with Crippen molar-refractivity contribution in [2.24, 2.45) is 5.92 Å². The van der Waals surface area contributed by atoms with Crippen molar-refractivity contribution in [3.8, 4) is 0 Å². The van der Waals surface area contributed by atoms with Crippen LogP contribution in [0.2, 0.25) is 0 Å². The molecule has 1 aliphatic heterocycles. The Morgan fingerprint density at radius 1 is 1.17 bits per heavy atom. The lowest BCUT2D eigenvalue weighted by Crippen LogP contribution is -2.35. The van der Waals surface area contributed by atoms with Crippen LogP contribution in [0.1, 0.15) is 42.9 Å². The summed E-state index contributed by atoms with van der Waals surface area (Å²) in [7, 11) is 0. The first-order chi connectivity index (χ1) is 11.8. The summed E-state index contributed by atoms with van der Waals surface area (Å²) in [6, 6.07) is 10.7. The van der Waals surface area contributed by atoms with E-state index in [1.807, 2.05) is 10.7 Å². The van der Waals surface area contributed by atoms with Crippen molar-refractivity contribution >= 4 is 11.7 Å². The topological polar surface area (TPSA) is 59.0 Å². The largest absolute Gasteiger partial charge is 0.317 e. The van der Waals surface area contributed by atoms with E-state index in [1.54, 1.807) is 6.20 Å². The lowest BCUT2D eigenvalue weighted by atomic mass is 9.88. The molecule has 0 bridgehead atoms. The maximum atomic E-state index is 12.6. The normalized spacial score (nSPS) is 21.2. The summed E-state index contributed by atoms with van der Waals surface area (Å²) in [4.78, 5) is 12.6. The number of carbonyl (C=O) groups is 1. The number of hydrogen-bond acceptors (Lipinski definition) is 3. The van der Waals surface area contributed by atoms with Crippen LogP contribution in [-0.4, -0.2) is 28.8 Å². The molecular formula is C19H24N4O. The van der Waals surface area contributed by atoms with Gasteiger partial charge in [-0.15, -0.1) is 0 Å². The Balaban J connectivity index is 1.56. The van der Waals surface area contributed by atoms with Crippen molar-refractivity contribution in [2.45, 2.75) is 38.1 Å². The Morgan fingerprint density at radius 3 is 2.88 bits per heavy atom. The van der Waals surface area contributed by atoms with Crippen LogP contribution >= 0.6 is 0 Å². The molecule has 24 heavy (non-hydrogen) atoms. The van der Waals surface area contributed by atoms with Gasteiger partial charge in [0.15, 0.2) is 0 Å². The van der Waals surface area contributed by atoms with Crippen molar-refractivity contribution < 1.29 is 4.79 Å². The van der Waals surface area contributed by atoms with Crippen molar-refractivity contribution in [1.82, 2.24) is 15.1 Å². The Kier molecular flexibility index (Phi) is 4.34. The molecule has 1 atom stereocenters. The third-order valence-corrected chi connectivity index (χ3v) is 5.26. The summed E-state index contributed by atoms with van der Waals surface area (Å²) in [6.45, 7) is 1.85. The fourth-order valence-corrected chi connectivity index (χ4v) is 3.96. The third kappa shape index (κ3) is 2.96. The second-order valence-electron chi connectivity index (χ2n) is 6.78. The van der Waals surface area contributed by atoms with E-state index in [-0.39, 0.29) is 17.9 Å². The van der Waals surface area contributed by atoms with Crippen LogP contribution in [0, 0.1) is 5.92 Å². The third-order valence-electron chi connectivity index (χ3n) is 5.26. The SMILES string of the molecule is O=C(Nc1ccnn1C1CCCc2ccccc21)C1CCNCC1. The standard InChI is InChI=1S/C19H24N4O/c24-19(15-8-11-20-12-9-15)22-18-10-13-21-23(18)17-7-3-5-14-4-1-2-6-16(14)17/h1-2,4,6,10,13,15,17,20H,3,5,7-9,11-12H2,(H,22,24). The van der Waals surface area contributed by atoms with Gasteiger partial charge in [-0.25, -0.2) is 4.68 Å². The molecule has 1 aliphatic carbocycles. The monoisotopic (exact) mass is 324 g/mol. The summed E-state index contributed by atoms with van der Waals surface area (Å²) in [5.41, 5.74) is 2.74. The zero-order valence-corrected chi connectivity index (χ0v) is 13.9. The van der Waals surface area contributed by atoms with Crippen LogP contribution in [0.3, 0.4) is 0 Å².